The van der Waals surface area contributed by atoms with Gasteiger partial charge in [0, 0.05) is 51.2 Å². The van der Waals surface area contributed by atoms with Crippen LogP contribution in [0.2, 0.25) is 0 Å². The molecule has 0 aromatic carbocycles. The lowest BCUT2D eigenvalue weighted by molar-refractivity contribution is -0.137. The van der Waals surface area contributed by atoms with E-state index < -0.39 is 5.97 Å². The van der Waals surface area contributed by atoms with Crippen molar-refractivity contribution in [1.29, 1.82) is 0 Å². The summed E-state index contributed by atoms with van der Waals surface area (Å²) in [6.45, 7) is 6.70. The molecule has 0 aliphatic heterocycles. The normalized spacial score (nSPS) is 11.9. The maximum atomic E-state index is 12.5. The van der Waals surface area contributed by atoms with E-state index in [1.165, 1.54) is 57.8 Å². The third-order valence-electron chi connectivity index (χ3n) is 8.93. The smallest absolute Gasteiger partial charge is 0.303 e. The van der Waals surface area contributed by atoms with Crippen molar-refractivity contribution in [2.24, 2.45) is 17.6 Å². The third-order valence-corrected chi connectivity index (χ3v) is 8.93. The van der Waals surface area contributed by atoms with Crippen molar-refractivity contribution in [3.8, 4) is 0 Å². The molecular weight excluding hydrogens is 668 g/mol. The predicted molar refractivity (Wildman–Crippen MR) is 203 cm³/mol. The first-order valence-corrected chi connectivity index (χ1v) is 20.2. The Balaban J connectivity index is 3.56. The molecule has 12 nitrogen and oxygen atoms in total. The van der Waals surface area contributed by atoms with Crippen molar-refractivity contribution in [3.05, 3.63) is 0 Å². The fourth-order valence-electron chi connectivity index (χ4n) is 5.54. The number of amides is 1. The number of carbonyl (C=O) groups excluding carboxylic acids is 4. The minimum absolute atomic E-state index is 0.00656. The summed E-state index contributed by atoms with van der Waals surface area (Å²) in [7, 11) is 0. The number of nitrogens with one attached hydrogen (secondary N) is 1. The van der Waals surface area contributed by atoms with Crippen LogP contribution in [0.4, 0.5) is 0 Å². The number of hydrogen-bond donors (Lipinski definition) is 3. The summed E-state index contributed by atoms with van der Waals surface area (Å²) in [6, 6.07) is 0. The van der Waals surface area contributed by atoms with Gasteiger partial charge in [0.25, 0.3) is 0 Å². The zero-order chi connectivity index (χ0) is 38.5. The van der Waals surface area contributed by atoms with Crippen LogP contribution in [-0.4, -0.2) is 100 Å². The van der Waals surface area contributed by atoms with Gasteiger partial charge < -0.3 is 35.1 Å². The number of aliphatic carboxylic acids is 1. The number of ether oxygens (including phenoxy) is 4. The molecule has 0 rings (SSSR count). The van der Waals surface area contributed by atoms with E-state index in [2.05, 4.69) is 5.32 Å². The third kappa shape index (κ3) is 36.1. The van der Waals surface area contributed by atoms with E-state index in [1.807, 2.05) is 13.8 Å². The molecule has 0 saturated carbocycles. The highest BCUT2D eigenvalue weighted by atomic mass is 16.5. The molecule has 0 heterocycles. The summed E-state index contributed by atoms with van der Waals surface area (Å²) in [5.74, 6) is -0.501. The highest BCUT2D eigenvalue weighted by Gasteiger charge is 2.14. The van der Waals surface area contributed by atoms with Gasteiger partial charge in [0.05, 0.1) is 33.0 Å². The van der Waals surface area contributed by atoms with Crippen LogP contribution in [0.15, 0.2) is 0 Å². The van der Waals surface area contributed by atoms with Crippen LogP contribution in [0.3, 0.4) is 0 Å². The Kier molecular flexibility index (Phi) is 35.5. The van der Waals surface area contributed by atoms with E-state index in [1.54, 1.807) is 0 Å². The number of nitrogens with two attached hydrogens (primary N) is 1. The SMILES string of the molecule is CC(C)C(=O)COCCOCCCC(=O)COCCOCCNC(=O)CC[C@H](CN)CC(=O)CCCCCCCCCCCCCCCCC(=O)O. The molecule has 0 aliphatic rings. The van der Waals surface area contributed by atoms with Crippen LogP contribution in [0.5, 0.6) is 0 Å². The zero-order valence-corrected chi connectivity index (χ0v) is 32.8. The van der Waals surface area contributed by atoms with Gasteiger partial charge in [0.1, 0.15) is 19.0 Å². The van der Waals surface area contributed by atoms with Crippen molar-refractivity contribution in [2.75, 3.05) is 65.9 Å². The molecule has 1 atom stereocenters. The molecule has 0 saturated heterocycles. The molecule has 304 valence electrons. The van der Waals surface area contributed by atoms with Gasteiger partial charge in [0.15, 0.2) is 11.6 Å². The number of Topliss-reactive ketones (excluding diaryl/α,β-unsaturated/α-hetero) is 3. The number of rotatable bonds is 41. The Bertz CT molecular complexity index is 915. The minimum Gasteiger partial charge on any atom is -0.481 e. The number of hydrogen-bond acceptors (Lipinski definition) is 10. The van der Waals surface area contributed by atoms with Crippen LogP contribution >= 0.6 is 0 Å². The lowest BCUT2D eigenvalue weighted by Crippen LogP contribution is -2.29. The average molecular weight is 743 g/mol. The fourth-order valence-corrected chi connectivity index (χ4v) is 5.54. The molecule has 12 heteroatoms. The molecular formula is C40H74N2O10. The van der Waals surface area contributed by atoms with Gasteiger partial charge in [0.2, 0.25) is 5.91 Å². The standard InChI is InChI=1S/C40H74N2O10/c1-34(2)38(45)33-52-29-26-49-24-17-19-37(44)32-51-28-27-50-25-23-42-39(46)22-21-35(31-41)30-36(43)18-15-13-11-9-7-5-3-4-6-8-10-12-14-16-20-40(47)48/h34-35H,3-33,41H2,1-2H3,(H,42,46)(H,47,48)/t35-/m0/s1. The summed E-state index contributed by atoms with van der Waals surface area (Å²) < 4.78 is 21.5. The second-order valence-corrected chi connectivity index (χ2v) is 14.2. The molecule has 0 bridgehead atoms. The van der Waals surface area contributed by atoms with Gasteiger partial charge in [-0.25, -0.2) is 0 Å². The summed E-state index contributed by atoms with van der Waals surface area (Å²) in [6.07, 6.45) is 19.4. The minimum atomic E-state index is -0.693. The number of carboxylic acid groups (broad SMARTS) is 1. The van der Waals surface area contributed by atoms with Crippen LogP contribution in [0.25, 0.3) is 0 Å². The van der Waals surface area contributed by atoms with E-state index in [0.29, 0.717) is 91.1 Å². The maximum absolute atomic E-state index is 12.5. The molecule has 0 aromatic heterocycles. The summed E-state index contributed by atoms with van der Waals surface area (Å²) >= 11 is 0. The highest BCUT2D eigenvalue weighted by molar-refractivity contribution is 5.81. The van der Waals surface area contributed by atoms with Gasteiger partial charge in [-0.3, -0.25) is 24.0 Å². The molecule has 0 fully saturated rings. The predicted octanol–water partition coefficient (Wildman–Crippen LogP) is 6.38. The Morgan fingerprint density at radius 3 is 1.58 bits per heavy atom. The van der Waals surface area contributed by atoms with E-state index in [0.717, 1.165) is 32.1 Å². The number of carboxylic acids is 1. The Hall–Kier alpha value is -2.25. The van der Waals surface area contributed by atoms with Crippen LogP contribution in [0.1, 0.15) is 149 Å². The van der Waals surface area contributed by atoms with Gasteiger partial charge in [-0.1, -0.05) is 90.9 Å². The van der Waals surface area contributed by atoms with Gasteiger partial charge in [-0.05, 0) is 38.1 Å². The maximum Gasteiger partial charge on any atom is 0.303 e. The second-order valence-electron chi connectivity index (χ2n) is 14.2. The van der Waals surface area contributed by atoms with Crippen LogP contribution < -0.4 is 11.1 Å². The first kappa shape index (κ1) is 49.8. The number of ketones is 3. The first-order chi connectivity index (χ1) is 25.1. The van der Waals surface area contributed by atoms with Crippen molar-refractivity contribution in [1.82, 2.24) is 5.32 Å². The van der Waals surface area contributed by atoms with E-state index >= 15 is 0 Å². The van der Waals surface area contributed by atoms with Crippen molar-refractivity contribution in [3.63, 3.8) is 0 Å². The highest BCUT2D eigenvalue weighted by Crippen LogP contribution is 2.16. The summed E-state index contributed by atoms with van der Waals surface area (Å²) in [5, 5.41) is 11.5. The van der Waals surface area contributed by atoms with Gasteiger partial charge in [-0.15, -0.1) is 0 Å². The molecule has 4 N–H and O–H groups in total. The van der Waals surface area contributed by atoms with Gasteiger partial charge >= 0.3 is 5.97 Å². The molecule has 52 heavy (non-hydrogen) atoms. The van der Waals surface area contributed by atoms with Crippen LogP contribution in [-0.2, 0) is 42.9 Å². The number of unbranched alkanes of at least 4 members (excludes halogenated alkanes) is 13. The average Bonchev–Trinajstić information content (AvgIpc) is 3.11. The molecule has 0 radical (unpaired) electrons. The van der Waals surface area contributed by atoms with E-state index in [-0.39, 0.29) is 54.9 Å². The van der Waals surface area contributed by atoms with Crippen molar-refractivity contribution >= 4 is 29.2 Å². The van der Waals surface area contributed by atoms with E-state index in [4.69, 9.17) is 29.8 Å². The topological polar surface area (TPSA) is 181 Å². The summed E-state index contributed by atoms with van der Waals surface area (Å²) in [5.41, 5.74) is 5.89. The fraction of sp³-hybridized carbons (Fsp3) is 0.875. The Morgan fingerprint density at radius 2 is 1.04 bits per heavy atom. The second kappa shape index (κ2) is 37.1. The zero-order valence-electron chi connectivity index (χ0n) is 32.8. The van der Waals surface area contributed by atoms with Crippen molar-refractivity contribution < 1.29 is 48.0 Å². The lowest BCUT2D eigenvalue weighted by atomic mass is 9.94. The lowest BCUT2D eigenvalue weighted by Gasteiger charge is -2.14. The van der Waals surface area contributed by atoms with Crippen LogP contribution in [0, 0.1) is 11.8 Å². The molecule has 0 aromatic rings. The summed E-state index contributed by atoms with van der Waals surface area (Å²) in [4.78, 5) is 58.6. The first-order valence-electron chi connectivity index (χ1n) is 20.2. The largest absolute Gasteiger partial charge is 0.481 e. The monoisotopic (exact) mass is 743 g/mol. The molecule has 0 aliphatic carbocycles. The molecule has 0 spiro atoms. The van der Waals surface area contributed by atoms with Crippen molar-refractivity contribution in [2.45, 2.75) is 149 Å². The molecule has 1 amide bonds. The van der Waals surface area contributed by atoms with E-state index in [9.17, 15) is 24.0 Å². The Labute approximate surface area is 314 Å². The number of carbonyl (C=O) groups is 5. The Morgan fingerprint density at radius 1 is 0.558 bits per heavy atom. The molecule has 0 unspecified atom stereocenters. The van der Waals surface area contributed by atoms with Gasteiger partial charge in [-0.2, -0.15) is 0 Å². The quantitative estimate of drug-likeness (QED) is 0.0591.